The summed E-state index contributed by atoms with van der Waals surface area (Å²) >= 11 is 0. The lowest BCUT2D eigenvalue weighted by Gasteiger charge is -2.37. The standard InChI is InChI=1S/C18H35N3O3/c1-4-21(5-2)14(3)12-19-17(23)20-13-15-6-7-18(16(15)22)8-10-24-11-9-18/h14-16,22H,4-13H2,1-3H3,(H2,19,20,23)/t14-,15-,16+/m1/s1. The van der Waals surface area contributed by atoms with Gasteiger partial charge in [0.2, 0.25) is 0 Å². The van der Waals surface area contributed by atoms with Gasteiger partial charge in [-0.05, 0) is 45.7 Å². The Labute approximate surface area is 146 Å². The fourth-order valence-electron chi connectivity index (χ4n) is 4.32. The van der Waals surface area contributed by atoms with Crippen LogP contribution in [0.3, 0.4) is 0 Å². The molecular formula is C18H35N3O3. The van der Waals surface area contributed by atoms with E-state index < -0.39 is 0 Å². The molecule has 2 fully saturated rings. The molecule has 140 valence electrons. The number of carbonyl (C=O) groups is 1. The number of urea groups is 1. The molecule has 0 aromatic carbocycles. The Morgan fingerprint density at radius 1 is 1.25 bits per heavy atom. The number of nitrogens with one attached hydrogen (secondary N) is 2. The minimum Gasteiger partial charge on any atom is -0.392 e. The summed E-state index contributed by atoms with van der Waals surface area (Å²) in [6.45, 7) is 11.1. The largest absolute Gasteiger partial charge is 0.392 e. The molecule has 0 unspecified atom stereocenters. The molecule has 1 saturated heterocycles. The lowest BCUT2D eigenvalue weighted by molar-refractivity contribution is -0.0554. The lowest BCUT2D eigenvalue weighted by atomic mass is 9.76. The van der Waals surface area contributed by atoms with Gasteiger partial charge in [-0.25, -0.2) is 4.79 Å². The molecule has 2 aliphatic rings. The van der Waals surface area contributed by atoms with Crippen LogP contribution in [0.1, 0.15) is 46.5 Å². The summed E-state index contributed by atoms with van der Waals surface area (Å²) in [6.07, 6.45) is 3.59. The normalized spacial score (nSPS) is 27.4. The van der Waals surface area contributed by atoms with Crippen LogP contribution in [0.2, 0.25) is 0 Å². The van der Waals surface area contributed by atoms with Crippen molar-refractivity contribution in [1.82, 2.24) is 15.5 Å². The first-order valence-electron chi connectivity index (χ1n) is 9.54. The SMILES string of the molecule is CCN(CC)[C@H](C)CNC(=O)NC[C@H]1CCC2(CCOCC2)[C@H]1O. The second-order valence-corrected chi connectivity index (χ2v) is 7.38. The van der Waals surface area contributed by atoms with Crippen LogP contribution in [0.5, 0.6) is 0 Å². The van der Waals surface area contributed by atoms with Gasteiger partial charge >= 0.3 is 6.03 Å². The Bertz CT molecular complexity index is 395. The molecule has 24 heavy (non-hydrogen) atoms. The number of hydrogen-bond acceptors (Lipinski definition) is 4. The molecule has 2 rings (SSSR count). The molecule has 6 nitrogen and oxygen atoms in total. The van der Waals surface area contributed by atoms with E-state index >= 15 is 0 Å². The van der Waals surface area contributed by atoms with E-state index in [1.54, 1.807) is 0 Å². The molecule has 0 bridgehead atoms. The molecule has 1 aliphatic heterocycles. The van der Waals surface area contributed by atoms with E-state index in [1.807, 2.05) is 0 Å². The van der Waals surface area contributed by atoms with Crippen molar-refractivity contribution in [1.29, 1.82) is 0 Å². The summed E-state index contributed by atoms with van der Waals surface area (Å²) in [4.78, 5) is 14.4. The van der Waals surface area contributed by atoms with Crippen molar-refractivity contribution < 1.29 is 14.6 Å². The van der Waals surface area contributed by atoms with Crippen molar-refractivity contribution in [3.05, 3.63) is 0 Å². The number of aliphatic hydroxyl groups is 1. The molecule has 0 aromatic rings. The van der Waals surface area contributed by atoms with E-state index in [2.05, 4.69) is 36.3 Å². The number of aliphatic hydroxyl groups excluding tert-OH is 1. The number of carbonyl (C=O) groups excluding carboxylic acids is 1. The average molecular weight is 341 g/mol. The van der Waals surface area contributed by atoms with E-state index in [0.29, 0.717) is 19.1 Å². The molecule has 1 spiro atoms. The van der Waals surface area contributed by atoms with Crippen LogP contribution < -0.4 is 10.6 Å². The smallest absolute Gasteiger partial charge is 0.314 e. The Balaban J connectivity index is 1.70. The zero-order valence-corrected chi connectivity index (χ0v) is 15.5. The Morgan fingerprint density at radius 2 is 1.92 bits per heavy atom. The Hall–Kier alpha value is -0.850. The average Bonchev–Trinajstić information content (AvgIpc) is 2.89. The fraction of sp³-hybridized carbons (Fsp3) is 0.944. The van der Waals surface area contributed by atoms with Crippen molar-refractivity contribution in [2.45, 2.75) is 58.6 Å². The molecular weight excluding hydrogens is 306 g/mol. The van der Waals surface area contributed by atoms with Crippen molar-refractivity contribution in [2.24, 2.45) is 11.3 Å². The minimum atomic E-state index is -0.323. The predicted octanol–water partition coefficient (Wildman–Crippen LogP) is 1.58. The highest BCUT2D eigenvalue weighted by Gasteiger charge is 2.48. The number of ether oxygens (including phenoxy) is 1. The zero-order valence-electron chi connectivity index (χ0n) is 15.5. The molecule has 1 heterocycles. The van der Waals surface area contributed by atoms with E-state index in [4.69, 9.17) is 4.74 Å². The van der Waals surface area contributed by atoms with Crippen molar-refractivity contribution >= 4 is 6.03 Å². The maximum absolute atomic E-state index is 12.0. The van der Waals surface area contributed by atoms with Gasteiger partial charge in [0.15, 0.2) is 0 Å². The number of likely N-dealkylation sites (N-methyl/N-ethyl adjacent to an activating group) is 1. The number of amides is 2. The van der Waals surface area contributed by atoms with Crippen LogP contribution in [0.4, 0.5) is 4.79 Å². The summed E-state index contributed by atoms with van der Waals surface area (Å²) in [6, 6.07) is 0.197. The number of nitrogens with zero attached hydrogens (tertiary/aromatic N) is 1. The molecule has 1 aliphatic carbocycles. The third-order valence-corrected chi connectivity index (χ3v) is 6.09. The van der Waals surface area contributed by atoms with Crippen LogP contribution in [-0.4, -0.2) is 67.6 Å². The highest BCUT2D eigenvalue weighted by atomic mass is 16.5. The first-order chi connectivity index (χ1) is 11.5. The van der Waals surface area contributed by atoms with E-state index in [1.165, 1.54) is 0 Å². The third-order valence-electron chi connectivity index (χ3n) is 6.09. The van der Waals surface area contributed by atoms with Crippen molar-refractivity contribution in [3.63, 3.8) is 0 Å². The van der Waals surface area contributed by atoms with Crippen LogP contribution in [-0.2, 0) is 4.74 Å². The monoisotopic (exact) mass is 341 g/mol. The second kappa shape index (κ2) is 9.02. The van der Waals surface area contributed by atoms with Crippen molar-refractivity contribution in [2.75, 3.05) is 39.4 Å². The van der Waals surface area contributed by atoms with Gasteiger partial charge in [0, 0.05) is 43.7 Å². The van der Waals surface area contributed by atoms with Crippen LogP contribution in [0.15, 0.2) is 0 Å². The summed E-state index contributed by atoms with van der Waals surface area (Å²) in [7, 11) is 0. The molecule has 0 radical (unpaired) electrons. The highest BCUT2D eigenvalue weighted by Crippen LogP contribution is 2.48. The Morgan fingerprint density at radius 3 is 2.54 bits per heavy atom. The summed E-state index contributed by atoms with van der Waals surface area (Å²) < 4.78 is 5.44. The molecule has 3 N–H and O–H groups in total. The van der Waals surface area contributed by atoms with E-state index in [9.17, 15) is 9.90 Å². The summed E-state index contributed by atoms with van der Waals surface area (Å²) in [5.41, 5.74) is 0.0261. The van der Waals surface area contributed by atoms with Crippen molar-refractivity contribution in [3.8, 4) is 0 Å². The Kier molecular flexibility index (Phi) is 7.32. The van der Waals surface area contributed by atoms with E-state index in [0.717, 1.165) is 52.0 Å². The van der Waals surface area contributed by atoms with Crippen LogP contribution in [0, 0.1) is 11.3 Å². The zero-order chi connectivity index (χ0) is 17.6. The highest BCUT2D eigenvalue weighted by molar-refractivity contribution is 5.73. The fourth-order valence-corrected chi connectivity index (χ4v) is 4.32. The van der Waals surface area contributed by atoms with Gasteiger partial charge < -0.3 is 20.5 Å². The maximum atomic E-state index is 12.0. The van der Waals surface area contributed by atoms with Gasteiger partial charge in [-0.2, -0.15) is 0 Å². The van der Waals surface area contributed by atoms with Gasteiger partial charge in [-0.15, -0.1) is 0 Å². The number of rotatable bonds is 7. The topological polar surface area (TPSA) is 73.8 Å². The first-order valence-corrected chi connectivity index (χ1v) is 9.54. The molecule has 0 aromatic heterocycles. The molecule has 3 atom stereocenters. The first kappa shape index (κ1) is 19.5. The predicted molar refractivity (Wildman–Crippen MR) is 95.0 cm³/mol. The second-order valence-electron chi connectivity index (χ2n) is 7.38. The van der Waals surface area contributed by atoms with Crippen LogP contribution >= 0.6 is 0 Å². The van der Waals surface area contributed by atoms with Crippen LogP contribution in [0.25, 0.3) is 0 Å². The van der Waals surface area contributed by atoms with Gasteiger partial charge in [0.1, 0.15) is 0 Å². The third kappa shape index (κ3) is 4.61. The van der Waals surface area contributed by atoms with Gasteiger partial charge in [-0.3, -0.25) is 4.90 Å². The lowest BCUT2D eigenvalue weighted by Crippen LogP contribution is -2.47. The van der Waals surface area contributed by atoms with E-state index in [-0.39, 0.29) is 23.5 Å². The molecule has 6 heteroatoms. The summed E-state index contributed by atoms with van der Waals surface area (Å²) in [5, 5.41) is 16.6. The quantitative estimate of drug-likeness (QED) is 0.657. The minimum absolute atomic E-state index is 0.0261. The van der Waals surface area contributed by atoms with Gasteiger partial charge in [0.05, 0.1) is 6.10 Å². The van der Waals surface area contributed by atoms with Gasteiger partial charge in [0.25, 0.3) is 0 Å². The van der Waals surface area contributed by atoms with Gasteiger partial charge in [-0.1, -0.05) is 13.8 Å². The molecule has 1 saturated carbocycles. The molecule has 2 amide bonds. The maximum Gasteiger partial charge on any atom is 0.314 e. The number of hydrogen-bond donors (Lipinski definition) is 3. The summed E-state index contributed by atoms with van der Waals surface area (Å²) in [5.74, 6) is 0.161.